The molecular weight excluding hydrogens is 350 g/mol. The van der Waals surface area contributed by atoms with E-state index in [1.54, 1.807) is 6.20 Å². The van der Waals surface area contributed by atoms with Gasteiger partial charge in [0.15, 0.2) is 0 Å². The van der Waals surface area contributed by atoms with Crippen LogP contribution in [0.3, 0.4) is 0 Å². The Morgan fingerprint density at radius 1 is 1.20 bits per heavy atom. The van der Waals surface area contributed by atoms with E-state index in [2.05, 4.69) is 29.4 Å². The monoisotopic (exact) mass is 365 g/mol. The van der Waals surface area contributed by atoms with Gasteiger partial charge in [-0.2, -0.15) is 5.26 Å². The molecule has 0 aliphatic heterocycles. The largest absolute Gasteiger partial charge is 0.360 e. The lowest BCUT2D eigenvalue weighted by molar-refractivity contribution is 1.35. The van der Waals surface area contributed by atoms with Crippen LogP contribution in [0.2, 0.25) is 5.02 Å². The number of anilines is 1. The Morgan fingerprint density at radius 2 is 1.96 bits per heavy atom. The lowest BCUT2D eigenvalue weighted by atomic mass is 10.1. The average molecular weight is 366 g/mol. The van der Waals surface area contributed by atoms with Gasteiger partial charge in [-0.25, -0.2) is 4.98 Å². The summed E-state index contributed by atoms with van der Waals surface area (Å²) < 4.78 is 0. The zero-order chi connectivity index (χ0) is 17.8. The average Bonchev–Trinajstić information content (AvgIpc) is 3.07. The number of hydrogen-bond acceptors (Lipinski definition) is 4. The van der Waals surface area contributed by atoms with Crippen LogP contribution in [0.15, 0.2) is 54.0 Å². The molecule has 2 aromatic carbocycles. The van der Waals surface area contributed by atoms with E-state index in [-0.39, 0.29) is 0 Å². The van der Waals surface area contributed by atoms with E-state index < -0.39 is 0 Å². The van der Waals surface area contributed by atoms with Gasteiger partial charge < -0.3 is 5.32 Å². The van der Waals surface area contributed by atoms with Crippen molar-refractivity contribution in [3.8, 4) is 17.3 Å². The van der Waals surface area contributed by atoms with E-state index in [4.69, 9.17) is 11.6 Å². The van der Waals surface area contributed by atoms with Crippen molar-refractivity contribution in [1.29, 1.82) is 5.26 Å². The fourth-order valence-corrected chi connectivity index (χ4v) is 3.34. The number of benzene rings is 2. The summed E-state index contributed by atoms with van der Waals surface area (Å²) in [7, 11) is 0. The quantitative estimate of drug-likeness (QED) is 0.572. The number of nitriles is 1. The second-order valence-corrected chi connectivity index (χ2v) is 6.97. The molecule has 25 heavy (non-hydrogen) atoms. The predicted molar refractivity (Wildman–Crippen MR) is 106 cm³/mol. The van der Waals surface area contributed by atoms with Crippen molar-refractivity contribution in [2.24, 2.45) is 0 Å². The van der Waals surface area contributed by atoms with Crippen molar-refractivity contribution >= 4 is 34.2 Å². The Hall–Kier alpha value is -2.61. The molecule has 1 N–H and O–H groups in total. The van der Waals surface area contributed by atoms with Crippen molar-refractivity contribution in [3.05, 3.63) is 75.2 Å². The van der Waals surface area contributed by atoms with Crippen molar-refractivity contribution < 1.29 is 0 Å². The molecule has 0 amide bonds. The van der Waals surface area contributed by atoms with Gasteiger partial charge in [0.1, 0.15) is 16.6 Å². The third-order valence-corrected chi connectivity index (χ3v) is 4.88. The van der Waals surface area contributed by atoms with Crippen molar-refractivity contribution in [2.45, 2.75) is 13.8 Å². The van der Waals surface area contributed by atoms with Crippen LogP contribution in [0.5, 0.6) is 0 Å². The molecular formula is C20H16ClN3S. The molecule has 0 saturated carbocycles. The zero-order valence-electron chi connectivity index (χ0n) is 13.9. The van der Waals surface area contributed by atoms with Crippen LogP contribution in [0.4, 0.5) is 5.69 Å². The standard InChI is InChI=1S/C20H16ClN3S/c1-13-3-8-18(14(2)9-13)23-11-16(10-22)20-24-19(12-25-20)15-4-6-17(21)7-5-15/h3-9,11-12,23H,1-2H3/b16-11-. The summed E-state index contributed by atoms with van der Waals surface area (Å²) in [4.78, 5) is 4.57. The number of hydrogen-bond donors (Lipinski definition) is 1. The lowest BCUT2D eigenvalue weighted by Crippen LogP contribution is -1.94. The van der Waals surface area contributed by atoms with Crippen molar-refractivity contribution in [2.75, 3.05) is 5.32 Å². The summed E-state index contributed by atoms with van der Waals surface area (Å²) in [5.74, 6) is 0. The van der Waals surface area contributed by atoms with Gasteiger partial charge >= 0.3 is 0 Å². The molecule has 0 bridgehead atoms. The first-order chi connectivity index (χ1) is 12.1. The highest BCUT2D eigenvalue weighted by Crippen LogP contribution is 2.27. The second-order valence-electron chi connectivity index (χ2n) is 5.68. The molecule has 0 saturated heterocycles. The van der Waals surface area contributed by atoms with Crippen LogP contribution in [-0.2, 0) is 0 Å². The molecule has 1 aromatic heterocycles. The number of nitrogens with one attached hydrogen (secondary N) is 1. The van der Waals surface area contributed by atoms with Crippen LogP contribution in [0.25, 0.3) is 16.8 Å². The van der Waals surface area contributed by atoms with Crippen molar-refractivity contribution in [1.82, 2.24) is 4.98 Å². The minimum atomic E-state index is 0.505. The SMILES string of the molecule is Cc1ccc(N/C=C(/C#N)c2nc(-c3ccc(Cl)cc3)cs2)c(C)c1. The first kappa shape index (κ1) is 17.2. The fourth-order valence-electron chi connectivity index (χ4n) is 2.42. The number of aromatic nitrogens is 1. The normalized spacial score (nSPS) is 11.2. The Morgan fingerprint density at radius 3 is 2.64 bits per heavy atom. The summed E-state index contributed by atoms with van der Waals surface area (Å²) in [5, 5.41) is 16.0. The highest BCUT2D eigenvalue weighted by Gasteiger charge is 2.09. The van der Waals surface area contributed by atoms with Gasteiger partial charge in [-0.1, -0.05) is 41.4 Å². The maximum Gasteiger partial charge on any atom is 0.136 e. The van der Waals surface area contributed by atoms with E-state index in [1.807, 2.05) is 48.7 Å². The summed E-state index contributed by atoms with van der Waals surface area (Å²) in [6.07, 6.45) is 1.71. The third kappa shape index (κ3) is 4.08. The van der Waals surface area contributed by atoms with Gasteiger partial charge in [0.05, 0.1) is 5.69 Å². The van der Waals surface area contributed by atoms with Crippen LogP contribution < -0.4 is 5.32 Å². The maximum atomic E-state index is 9.48. The van der Waals surface area contributed by atoms with Crippen LogP contribution in [0, 0.1) is 25.2 Å². The second kappa shape index (κ2) is 7.52. The number of aryl methyl sites for hydroxylation is 2. The minimum Gasteiger partial charge on any atom is -0.360 e. The van der Waals surface area contributed by atoms with E-state index >= 15 is 0 Å². The maximum absolute atomic E-state index is 9.48. The molecule has 0 unspecified atom stereocenters. The summed E-state index contributed by atoms with van der Waals surface area (Å²) >= 11 is 7.37. The number of rotatable bonds is 4. The van der Waals surface area contributed by atoms with Gasteiger partial charge in [0.2, 0.25) is 0 Å². The van der Waals surface area contributed by atoms with Gasteiger partial charge in [-0.05, 0) is 37.6 Å². The molecule has 5 heteroatoms. The van der Waals surface area contributed by atoms with Crippen LogP contribution >= 0.6 is 22.9 Å². The van der Waals surface area contributed by atoms with Gasteiger partial charge in [0.25, 0.3) is 0 Å². The highest BCUT2D eigenvalue weighted by molar-refractivity contribution is 7.11. The van der Waals surface area contributed by atoms with Crippen molar-refractivity contribution in [3.63, 3.8) is 0 Å². The lowest BCUT2D eigenvalue weighted by Gasteiger charge is -2.06. The Labute approximate surface area is 156 Å². The van der Waals surface area contributed by atoms with Crippen LogP contribution in [0.1, 0.15) is 16.1 Å². The predicted octanol–water partition coefficient (Wildman–Crippen LogP) is 6.06. The number of halogens is 1. The highest BCUT2D eigenvalue weighted by atomic mass is 35.5. The van der Waals surface area contributed by atoms with E-state index in [9.17, 15) is 5.26 Å². The molecule has 0 spiro atoms. The molecule has 1 heterocycles. The Kier molecular flexibility index (Phi) is 5.18. The van der Waals surface area contributed by atoms with E-state index in [0.717, 1.165) is 22.5 Å². The van der Waals surface area contributed by atoms with Gasteiger partial charge in [0, 0.05) is 27.9 Å². The summed E-state index contributed by atoms with van der Waals surface area (Å²) in [5.41, 5.74) is 5.64. The van der Waals surface area contributed by atoms with Crippen LogP contribution in [-0.4, -0.2) is 4.98 Å². The molecule has 0 atom stereocenters. The first-order valence-electron chi connectivity index (χ1n) is 7.73. The molecule has 3 rings (SSSR count). The first-order valence-corrected chi connectivity index (χ1v) is 8.98. The molecule has 3 aromatic rings. The molecule has 3 nitrogen and oxygen atoms in total. The molecule has 124 valence electrons. The number of thiazole rings is 1. The Bertz CT molecular complexity index is 965. The number of allylic oxidation sites excluding steroid dienone is 1. The fraction of sp³-hybridized carbons (Fsp3) is 0.100. The van der Waals surface area contributed by atoms with Gasteiger partial charge in [-0.3, -0.25) is 0 Å². The molecule has 0 fully saturated rings. The van der Waals surface area contributed by atoms with Gasteiger partial charge in [-0.15, -0.1) is 11.3 Å². The molecule has 0 aliphatic carbocycles. The minimum absolute atomic E-state index is 0.505. The summed E-state index contributed by atoms with van der Waals surface area (Å²) in [6.45, 7) is 4.10. The van der Waals surface area contributed by atoms with E-state index in [1.165, 1.54) is 16.9 Å². The third-order valence-electron chi connectivity index (χ3n) is 3.75. The van der Waals surface area contributed by atoms with E-state index in [0.29, 0.717) is 15.6 Å². The molecule has 0 radical (unpaired) electrons. The smallest absolute Gasteiger partial charge is 0.136 e. The number of nitrogens with zero attached hydrogens (tertiary/aromatic N) is 2. The molecule has 0 aliphatic rings. The summed E-state index contributed by atoms with van der Waals surface area (Å²) in [6, 6.07) is 15.9. The Balaban J connectivity index is 1.84. The topological polar surface area (TPSA) is 48.7 Å². The zero-order valence-corrected chi connectivity index (χ0v) is 15.4.